The zero-order valence-electron chi connectivity index (χ0n) is 27.4. The van der Waals surface area contributed by atoms with Crippen molar-refractivity contribution >= 4 is 55.5 Å². The van der Waals surface area contributed by atoms with Crippen LogP contribution < -0.4 is 0 Å². The number of fused-ring (bicyclic) bond motifs is 8. The van der Waals surface area contributed by atoms with E-state index in [-0.39, 0.29) is 0 Å². The van der Waals surface area contributed by atoms with Gasteiger partial charge in [-0.15, -0.1) is 0 Å². The summed E-state index contributed by atoms with van der Waals surface area (Å²) in [5, 5.41) is 4.86. The van der Waals surface area contributed by atoms with E-state index >= 15 is 0 Å². The first-order chi connectivity index (χ1) is 25.3. The largest absolute Gasteiger partial charge is 0.295 e. The molecule has 0 radical (unpaired) electrons. The highest BCUT2D eigenvalue weighted by Gasteiger charge is 2.28. The maximum absolute atomic E-state index is 5.25. The molecule has 0 unspecified atom stereocenters. The minimum Gasteiger partial charge on any atom is -0.295 e. The van der Waals surface area contributed by atoms with E-state index in [0.717, 1.165) is 50.4 Å². The van der Waals surface area contributed by atoms with Gasteiger partial charge in [0, 0.05) is 48.2 Å². The summed E-state index contributed by atoms with van der Waals surface area (Å²) in [5.41, 5.74) is 12.1. The van der Waals surface area contributed by atoms with E-state index < -0.39 is 0 Å². The van der Waals surface area contributed by atoms with Gasteiger partial charge in [-0.25, -0.2) is 9.97 Å². The van der Waals surface area contributed by atoms with Crippen LogP contribution in [0.15, 0.2) is 180 Å². The van der Waals surface area contributed by atoms with Crippen LogP contribution in [0.4, 0.5) is 0 Å². The van der Waals surface area contributed by atoms with Crippen molar-refractivity contribution in [1.82, 2.24) is 19.1 Å². The molecule has 1 aliphatic heterocycles. The first-order valence-corrected chi connectivity index (χ1v) is 18.0. The molecule has 0 saturated carbocycles. The smallest absolute Gasteiger partial charge is 0.161 e. The van der Waals surface area contributed by atoms with Crippen LogP contribution in [0.3, 0.4) is 0 Å². The minimum atomic E-state index is 0.718. The Hall–Kier alpha value is -6.43. The van der Waals surface area contributed by atoms with E-state index in [2.05, 4.69) is 167 Å². The van der Waals surface area contributed by atoms with Crippen LogP contribution in [0.2, 0.25) is 0 Å². The fourth-order valence-electron chi connectivity index (χ4n) is 7.93. The highest BCUT2D eigenvalue weighted by molar-refractivity contribution is 7.99. The number of hydrogen-bond acceptors (Lipinski definition) is 3. The summed E-state index contributed by atoms with van der Waals surface area (Å²) < 4.78 is 4.94. The van der Waals surface area contributed by atoms with E-state index in [0.29, 0.717) is 0 Å². The molecule has 0 bridgehead atoms. The molecule has 0 amide bonds. The molecule has 3 aromatic heterocycles. The Morgan fingerprint density at radius 3 is 2.04 bits per heavy atom. The Balaban J connectivity index is 1.17. The van der Waals surface area contributed by atoms with Crippen molar-refractivity contribution < 1.29 is 0 Å². The van der Waals surface area contributed by atoms with Crippen LogP contribution in [0.1, 0.15) is 0 Å². The second-order valence-electron chi connectivity index (χ2n) is 13.0. The molecule has 4 nitrogen and oxygen atoms in total. The minimum absolute atomic E-state index is 0.718. The second kappa shape index (κ2) is 11.0. The summed E-state index contributed by atoms with van der Waals surface area (Å²) in [5.74, 6) is 0.718. The van der Waals surface area contributed by atoms with E-state index in [4.69, 9.17) is 9.97 Å². The van der Waals surface area contributed by atoms with Gasteiger partial charge in [-0.1, -0.05) is 139 Å². The molecule has 0 aliphatic carbocycles. The van der Waals surface area contributed by atoms with Crippen molar-refractivity contribution in [2.24, 2.45) is 0 Å². The van der Waals surface area contributed by atoms with Crippen LogP contribution in [-0.2, 0) is 0 Å². The van der Waals surface area contributed by atoms with Crippen LogP contribution in [-0.4, -0.2) is 19.1 Å². The fourth-order valence-corrected chi connectivity index (χ4v) is 9.00. The van der Waals surface area contributed by atoms with E-state index in [9.17, 15) is 0 Å². The molecular weight excluding hydrogens is 641 g/mol. The predicted octanol–water partition coefficient (Wildman–Crippen LogP) is 12.1. The lowest BCUT2D eigenvalue weighted by molar-refractivity contribution is 1.03. The van der Waals surface area contributed by atoms with Crippen molar-refractivity contribution in [2.75, 3.05) is 0 Å². The number of nitrogens with zero attached hydrogens (tertiary/aromatic N) is 4. The van der Waals surface area contributed by atoms with Gasteiger partial charge in [-0.05, 0) is 53.6 Å². The Kier molecular flexibility index (Phi) is 6.15. The molecule has 7 aromatic carbocycles. The van der Waals surface area contributed by atoms with Crippen molar-refractivity contribution in [2.45, 2.75) is 9.79 Å². The molecule has 0 saturated heterocycles. The molecule has 5 heteroatoms. The van der Waals surface area contributed by atoms with Gasteiger partial charge >= 0.3 is 0 Å². The number of hydrogen-bond donors (Lipinski definition) is 0. The van der Waals surface area contributed by atoms with Crippen LogP contribution in [0.25, 0.3) is 88.9 Å². The van der Waals surface area contributed by atoms with Gasteiger partial charge in [0.05, 0.1) is 27.9 Å². The lowest BCUT2D eigenvalue weighted by atomic mass is 9.98. The monoisotopic (exact) mass is 668 g/mol. The lowest BCUT2D eigenvalue weighted by Gasteiger charge is -2.22. The molecular formula is C46H28N4S. The molecule has 0 N–H and O–H groups in total. The summed E-state index contributed by atoms with van der Waals surface area (Å²) >= 11 is 1.85. The van der Waals surface area contributed by atoms with Crippen molar-refractivity contribution in [1.29, 1.82) is 0 Å². The second-order valence-corrected chi connectivity index (χ2v) is 14.1. The molecule has 4 heterocycles. The molecule has 238 valence electrons. The number of para-hydroxylation sites is 4. The quantitative estimate of drug-likeness (QED) is 0.187. The average molecular weight is 669 g/mol. The molecule has 11 rings (SSSR count). The molecule has 0 fully saturated rings. The van der Waals surface area contributed by atoms with Crippen molar-refractivity contribution in [3.63, 3.8) is 0 Å². The number of rotatable bonds is 4. The third kappa shape index (κ3) is 4.22. The highest BCUT2D eigenvalue weighted by atomic mass is 32.2. The summed E-state index contributed by atoms with van der Waals surface area (Å²) in [6.07, 6.45) is 0. The average Bonchev–Trinajstić information content (AvgIpc) is 3.72. The van der Waals surface area contributed by atoms with Crippen molar-refractivity contribution in [3.8, 4) is 45.1 Å². The summed E-state index contributed by atoms with van der Waals surface area (Å²) in [4.78, 5) is 12.9. The van der Waals surface area contributed by atoms with Crippen LogP contribution in [0.5, 0.6) is 0 Å². The zero-order valence-corrected chi connectivity index (χ0v) is 28.2. The fraction of sp³-hybridized carbons (Fsp3) is 0. The standard InChI is InChI=1S/C46H28N4S/c1-3-14-29(15-4-1)43-34-20-9-11-23-37(34)47-45(48-43)33-19-8-7-18-32(33)30-26-27-40-39(28-30)50-44-36(22-13-25-41(44)51-40)42-35-21-10-12-24-38(35)49(46(42)50)31-16-5-2-6-17-31/h1-28H. The van der Waals surface area contributed by atoms with Gasteiger partial charge in [0.25, 0.3) is 0 Å². The van der Waals surface area contributed by atoms with Gasteiger partial charge in [-0.2, -0.15) is 0 Å². The molecule has 1 aliphatic rings. The Bertz CT molecular complexity index is 2990. The first kappa shape index (κ1) is 28.4. The number of benzene rings is 7. The van der Waals surface area contributed by atoms with Gasteiger partial charge < -0.3 is 0 Å². The molecule has 10 aromatic rings. The van der Waals surface area contributed by atoms with E-state index in [1.165, 1.54) is 48.3 Å². The highest BCUT2D eigenvalue weighted by Crippen LogP contribution is 2.50. The maximum atomic E-state index is 5.25. The van der Waals surface area contributed by atoms with Gasteiger partial charge in [0.2, 0.25) is 0 Å². The molecule has 0 spiro atoms. The van der Waals surface area contributed by atoms with E-state index in [1.54, 1.807) is 0 Å². The third-order valence-electron chi connectivity index (χ3n) is 10.1. The predicted molar refractivity (Wildman–Crippen MR) is 211 cm³/mol. The van der Waals surface area contributed by atoms with Crippen LogP contribution in [0, 0.1) is 0 Å². The SMILES string of the molecule is c1ccc(-c2nc(-c3ccccc3-c3ccc4c(c3)-n3c5c(cccc5c5c6ccccc6n(-c6ccccc6)c53)S4)nc3ccccc23)cc1. The van der Waals surface area contributed by atoms with Gasteiger partial charge in [0.15, 0.2) is 5.82 Å². The van der Waals surface area contributed by atoms with Crippen LogP contribution >= 0.6 is 11.8 Å². The topological polar surface area (TPSA) is 35.6 Å². The number of aromatic nitrogens is 4. The molecule has 0 atom stereocenters. The Morgan fingerprint density at radius 1 is 0.471 bits per heavy atom. The Morgan fingerprint density at radius 2 is 1.18 bits per heavy atom. The zero-order chi connectivity index (χ0) is 33.5. The van der Waals surface area contributed by atoms with Gasteiger partial charge in [-0.3, -0.25) is 9.13 Å². The van der Waals surface area contributed by atoms with Gasteiger partial charge in [0.1, 0.15) is 5.65 Å². The third-order valence-corrected chi connectivity index (χ3v) is 11.2. The normalized spacial score (nSPS) is 12.2. The Labute approximate surface area is 298 Å². The van der Waals surface area contributed by atoms with Crippen molar-refractivity contribution in [3.05, 3.63) is 170 Å². The molecule has 51 heavy (non-hydrogen) atoms. The first-order valence-electron chi connectivity index (χ1n) is 17.2. The van der Waals surface area contributed by atoms with E-state index in [1.807, 2.05) is 23.9 Å². The summed E-state index contributed by atoms with van der Waals surface area (Å²) in [6.45, 7) is 0. The summed E-state index contributed by atoms with van der Waals surface area (Å²) in [6, 6.07) is 60.4. The maximum Gasteiger partial charge on any atom is 0.161 e. The lowest BCUT2D eigenvalue weighted by Crippen LogP contribution is -2.06. The summed E-state index contributed by atoms with van der Waals surface area (Å²) in [7, 11) is 0.